The van der Waals surface area contributed by atoms with Crippen molar-refractivity contribution in [2.45, 2.75) is 38.5 Å². The summed E-state index contributed by atoms with van der Waals surface area (Å²) in [4.78, 5) is 15.4. The molecule has 1 aromatic heterocycles. The Bertz CT molecular complexity index is 397. The standard InChI is InChI=1S/C12H14N2O.CH5N/c15-7-13-12-8-3-1-5-10(8)14-11-6-2-4-9(11)12;1-2/h7H,1-6H2,(H,13,14,15);2H2,1H3. The summed E-state index contributed by atoms with van der Waals surface area (Å²) in [6.07, 6.45) is 7.47. The number of aryl methyl sites for hydroxylation is 2. The first-order valence-electron chi connectivity index (χ1n) is 6.21. The van der Waals surface area contributed by atoms with Crippen LogP contribution in [0.5, 0.6) is 0 Å². The SMILES string of the molecule is CN.O=CNc1c2c(nc3c1CCC3)CCC2. The largest absolute Gasteiger partial charge is 0.333 e. The van der Waals surface area contributed by atoms with E-state index in [0.717, 1.165) is 37.8 Å². The number of nitrogens with one attached hydrogen (secondary N) is 1. The second-order valence-corrected chi connectivity index (χ2v) is 4.31. The van der Waals surface area contributed by atoms with Crippen LogP contribution in [-0.4, -0.2) is 18.4 Å². The number of pyridine rings is 1. The molecular formula is C13H19N3O. The second kappa shape index (κ2) is 5.27. The number of nitrogens with two attached hydrogens (primary N) is 1. The molecule has 4 nitrogen and oxygen atoms in total. The van der Waals surface area contributed by atoms with Gasteiger partial charge in [-0.15, -0.1) is 0 Å². The van der Waals surface area contributed by atoms with Crippen LogP contribution in [0.1, 0.15) is 35.4 Å². The zero-order valence-corrected chi connectivity index (χ0v) is 10.3. The molecule has 1 heterocycles. The Kier molecular flexibility index (Phi) is 3.74. The Hall–Kier alpha value is -1.42. The third-order valence-corrected chi connectivity index (χ3v) is 3.45. The molecule has 0 fully saturated rings. The van der Waals surface area contributed by atoms with Gasteiger partial charge in [-0.2, -0.15) is 0 Å². The first-order chi connectivity index (χ1) is 8.40. The number of fused-ring (bicyclic) bond motifs is 2. The van der Waals surface area contributed by atoms with E-state index in [1.165, 1.54) is 42.4 Å². The van der Waals surface area contributed by atoms with Gasteiger partial charge in [-0.05, 0) is 56.7 Å². The number of rotatable bonds is 2. The van der Waals surface area contributed by atoms with E-state index in [1.807, 2.05) is 0 Å². The molecule has 0 bridgehead atoms. The summed E-state index contributed by atoms with van der Waals surface area (Å²) >= 11 is 0. The Morgan fingerprint density at radius 1 is 1.06 bits per heavy atom. The van der Waals surface area contributed by atoms with Gasteiger partial charge in [-0.3, -0.25) is 9.78 Å². The van der Waals surface area contributed by atoms with Crippen LogP contribution >= 0.6 is 0 Å². The van der Waals surface area contributed by atoms with Crippen LogP contribution in [0.15, 0.2) is 0 Å². The van der Waals surface area contributed by atoms with Crippen molar-refractivity contribution in [1.29, 1.82) is 0 Å². The first kappa shape index (κ1) is 12.0. The van der Waals surface area contributed by atoms with Gasteiger partial charge in [0.15, 0.2) is 0 Å². The van der Waals surface area contributed by atoms with E-state index in [2.05, 4.69) is 11.1 Å². The molecule has 0 saturated carbocycles. The lowest BCUT2D eigenvalue weighted by Crippen LogP contribution is -2.05. The fraction of sp³-hybridized carbons (Fsp3) is 0.538. The number of aromatic nitrogens is 1. The van der Waals surface area contributed by atoms with Crippen molar-refractivity contribution >= 4 is 12.1 Å². The molecule has 3 rings (SSSR count). The average molecular weight is 233 g/mol. The van der Waals surface area contributed by atoms with Gasteiger partial charge in [-0.25, -0.2) is 0 Å². The van der Waals surface area contributed by atoms with E-state index in [-0.39, 0.29) is 0 Å². The number of anilines is 1. The fourth-order valence-electron chi connectivity index (χ4n) is 2.82. The highest BCUT2D eigenvalue weighted by Gasteiger charge is 2.24. The zero-order valence-electron chi connectivity index (χ0n) is 10.3. The van der Waals surface area contributed by atoms with Gasteiger partial charge < -0.3 is 11.1 Å². The molecule has 17 heavy (non-hydrogen) atoms. The van der Waals surface area contributed by atoms with E-state index < -0.39 is 0 Å². The number of carbonyl (C=O) groups is 1. The fourth-order valence-corrected chi connectivity index (χ4v) is 2.82. The monoisotopic (exact) mass is 233 g/mol. The topological polar surface area (TPSA) is 68.0 Å². The lowest BCUT2D eigenvalue weighted by Gasteiger charge is -2.12. The number of carbonyl (C=O) groups excluding carboxylic acids is 1. The smallest absolute Gasteiger partial charge is 0.211 e. The molecule has 0 aliphatic heterocycles. The lowest BCUT2D eigenvalue weighted by atomic mass is 10.1. The molecular weight excluding hydrogens is 214 g/mol. The van der Waals surface area contributed by atoms with Crippen molar-refractivity contribution in [1.82, 2.24) is 4.98 Å². The van der Waals surface area contributed by atoms with Crippen LogP contribution in [0, 0.1) is 0 Å². The molecule has 0 aromatic carbocycles. The Balaban J connectivity index is 0.000000514. The van der Waals surface area contributed by atoms with Crippen LogP contribution in [0.4, 0.5) is 5.69 Å². The number of hydrogen-bond donors (Lipinski definition) is 2. The van der Waals surface area contributed by atoms with Crippen LogP contribution in [0.3, 0.4) is 0 Å². The molecule has 0 unspecified atom stereocenters. The molecule has 0 radical (unpaired) electrons. The number of hydrogen-bond acceptors (Lipinski definition) is 3. The van der Waals surface area contributed by atoms with E-state index in [1.54, 1.807) is 0 Å². The Morgan fingerprint density at radius 2 is 1.59 bits per heavy atom. The van der Waals surface area contributed by atoms with Crippen LogP contribution < -0.4 is 11.1 Å². The van der Waals surface area contributed by atoms with Crippen LogP contribution in [-0.2, 0) is 30.5 Å². The summed E-state index contributed by atoms with van der Waals surface area (Å²) in [6, 6.07) is 0. The highest BCUT2D eigenvalue weighted by molar-refractivity contribution is 5.77. The van der Waals surface area contributed by atoms with Crippen LogP contribution in [0.2, 0.25) is 0 Å². The van der Waals surface area contributed by atoms with Crippen molar-refractivity contribution < 1.29 is 4.79 Å². The molecule has 1 aromatic rings. The molecule has 3 N–H and O–H groups in total. The Morgan fingerprint density at radius 3 is 2.06 bits per heavy atom. The van der Waals surface area contributed by atoms with Gasteiger partial charge in [0.25, 0.3) is 0 Å². The maximum atomic E-state index is 10.6. The average Bonchev–Trinajstić information content (AvgIpc) is 2.99. The predicted octanol–water partition coefficient (Wildman–Crippen LogP) is 1.20. The molecule has 0 spiro atoms. The predicted molar refractivity (Wildman–Crippen MR) is 68.1 cm³/mol. The van der Waals surface area contributed by atoms with Crippen molar-refractivity contribution in [2.75, 3.05) is 12.4 Å². The van der Waals surface area contributed by atoms with Gasteiger partial charge in [0.05, 0.1) is 5.69 Å². The van der Waals surface area contributed by atoms with Crippen molar-refractivity contribution in [2.24, 2.45) is 5.73 Å². The van der Waals surface area contributed by atoms with Gasteiger partial charge in [0.1, 0.15) is 0 Å². The highest BCUT2D eigenvalue weighted by atomic mass is 16.1. The van der Waals surface area contributed by atoms with Crippen molar-refractivity contribution in [3.8, 4) is 0 Å². The minimum absolute atomic E-state index is 0.798. The molecule has 2 aliphatic rings. The summed E-state index contributed by atoms with van der Waals surface area (Å²) in [5, 5.41) is 2.89. The molecule has 0 saturated heterocycles. The van der Waals surface area contributed by atoms with E-state index >= 15 is 0 Å². The van der Waals surface area contributed by atoms with Gasteiger partial charge in [-0.1, -0.05) is 0 Å². The normalized spacial score (nSPS) is 15.6. The number of nitrogens with zero attached hydrogens (tertiary/aromatic N) is 1. The molecule has 4 heteroatoms. The minimum atomic E-state index is 0.798. The highest BCUT2D eigenvalue weighted by Crippen LogP contribution is 2.36. The lowest BCUT2D eigenvalue weighted by molar-refractivity contribution is -0.105. The number of amides is 1. The molecule has 0 atom stereocenters. The maximum Gasteiger partial charge on any atom is 0.211 e. The molecule has 1 amide bonds. The molecule has 2 aliphatic carbocycles. The third-order valence-electron chi connectivity index (χ3n) is 3.45. The van der Waals surface area contributed by atoms with Gasteiger partial charge >= 0.3 is 0 Å². The quantitative estimate of drug-likeness (QED) is 0.754. The van der Waals surface area contributed by atoms with E-state index in [0.29, 0.717) is 0 Å². The summed E-state index contributed by atoms with van der Waals surface area (Å²) in [5.74, 6) is 0. The minimum Gasteiger partial charge on any atom is -0.333 e. The Labute approximate surface area is 102 Å². The van der Waals surface area contributed by atoms with E-state index in [9.17, 15) is 4.79 Å². The molecule has 92 valence electrons. The van der Waals surface area contributed by atoms with Crippen molar-refractivity contribution in [3.05, 3.63) is 22.5 Å². The third kappa shape index (κ3) is 2.05. The zero-order chi connectivity index (χ0) is 12.3. The summed E-state index contributed by atoms with van der Waals surface area (Å²) in [6.45, 7) is 0. The summed E-state index contributed by atoms with van der Waals surface area (Å²) in [5.41, 5.74) is 10.6. The first-order valence-corrected chi connectivity index (χ1v) is 6.21. The summed E-state index contributed by atoms with van der Waals surface area (Å²) in [7, 11) is 1.50. The van der Waals surface area contributed by atoms with Gasteiger partial charge in [0.2, 0.25) is 6.41 Å². The van der Waals surface area contributed by atoms with Gasteiger partial charge in [0, 0.05) is 11.4 Å². The van der Waals surface area contributed by atoms with E-state index in [4.69, 9.17) is 4.98 Å². The maximum absolute atomic E-state index is 10.6. The second-order valence-electron chi connectivity index (χ2n) is 4.31. The summed E-state index contributed by atoms with van der Waals surface area (Å²) < 4.78 is 0. The van der Waals surface area contributed by atoms with Crippen LogP contribution in [0.25, 0.3) is 0 Å². The van der Waals surface area contributed by atoms with Crippen molar-refractivity contribution in [3.63, 3.8) is 0 Å².